The fourth-order valence-electron chi connectivity index (χ4n) is 2.68. The van der Waals surface area contributed by atoms with Crippen molar-refractivity contribution in [3.63, 3.8) is 0 Å². The number of hydrogen-bond donors (Lipinski definition) is 0. The van der Waals surface area contributed by atoms with Crippen molar-refractivity contribution >= 4 is 27.4 Å². The smallest absolute Gasteiger partial charge is 0.132 e. The van der Waals surface area contributed by atoms with Crippen molar-refractivity contribution < 1.29 is 13.0 Å². The monoisotopic (exact) mass is 417 g/mol. The largest absolute Gasteiger partial charge is 0.744 e. The summed E-state index contributed by atoms with van der Waals surface area (Å²) in [6.45, 7) is 2.71. The average molecular weight is 418 g/mol. The molecule has 3 aromatic carbocycles. The summed E-state index contributed by atoms with van der Waals surface area (Å²) < 4.78 is 32.0. The number of nitrogens with zero attached hydrogens (tertiary/aromatic N) is 1. The second-order valence-electron chi connectivity index (χ2n) is 7.04. The van der Waals surface area contributed by atoms with Crippen molar-refractivity contribution in [2.45, 2.75) is 18.4 Å². The highest BCUT2D eigenvalue weighted by molar-refractivity contribution is 7.85. The Morgan fingerprint density at radius 1 is 0.857 bits per heavy atom. The molecule has 0 N–H and O–H groups in total. The van der Waals surface area contributed by atoms with Gasteiger partial charge in [0.15, 0.2) is 0 Å². The Morgan fingerprint density at radius 3 is 1.93 bits per heavy atom. The molecule has 0 aliphatic heterocycles. The Kier molecular flexibility index (Phi) is 7.38. The van der Waals surface area contributed by atoms with Gasteiger partial charge in [0, 0.05) is 10.6 Å². The quantitative estimate of drug-likeness (QED) is 0.443. The van der Waals surface area contributed by atoms with Gasteiger partial charge in [-0.15, -0.1) is 0 Å². The molecule has 0 aromatic heterocycles. The van der Waals surface area contributed by atoms with Crippen LogP contribution < -0.4 is 4.48 Å². The molecule has 4 nitrogen and oxygen atoms in total. The minimum atomic E-state index is -4.27. The standard InChI is InChI=1S/C15H17ClN.C7H8O3S/c1-17(2,14-9-4-3-5-10-14)12-13-8-6-7-11-15(13)16;1-6-2-4-7(5-3-6)11(8,9)10/h3-11H,12H2,1-2H3;2-5H,1H3,(H,8,9,10)/q+1;/p-1. The van der Waals surface area contributed by atoms with Crippen LogP contribution in [0.2, 0.25) is 5.02 Å². The second-order valence-corrected chi connectivity index (χ2v) is 8.82. The zero-order chi connectivity index (χ0) is 20.8. The molecular weight excluding hydrogens is 394 g/mol. The normalized spacial score (nSPS) is 11.5. The molecule has 0 saturated carbocycles. The third kappa shape index (κ3) is 6.46. The van der Waals surface area contributed by atoms with Crippen LogP contribution in [-0.4, -0.2) is 27.1 Å². The summed E-state index contributed by atoms with van der Waals surface area (Å²) in [7, 11) is 0.117. The first-order valence-electron chi connectivity index (χ1n) is 8.74. The Bertz CT molecular complexity index is 1000. The van der Waals surface area contributed by atoms with Gasteiger partial charge >= 0.3 is 0 Å². The van der Waals surface area contributed by atoms with Crippen LogP contribution in [0.4, 0.5) is 5.69 Å². The van der Waals surface area contributed by atoms with E-state index in [1.54, 1.807) is 12.1 Å². The first kappa shape index (κ1) is 22.1. The average Bonchev–Trinajstić information content (AvgIpc) is 2.64. The molecular formula is C22H24ClNO3S. The molecule has 3 aromatic rings. The van der Waals surface area contributed by atoms with Crippen LogP contribution in [0.25, 0.3) is 0 Å². The van der Waals surface area contributed by atoms with Crippen molar-refractivity contribution in [3.05, 3.63) is 95.0 Å². The minimum Gasteiger partial charge on any atom is -0.744 e. The third-order valence-corrected chi connectivity index (χ3v) is 5.51. The van der Waals surface area contributed by atoms with Gasteiger partial charge in [-0.3, -0.25) is 4.48 Å². The summed E-state index contributed by atoms with van der Waals surface area (Å²) in [6, 6.07) is 24.3. The summed E-state index contributed by atoms with van der Waals surface area (Å²) in [5.41, 5.74) is 3.40. The number of benzene rings is 3. The van der Waals surface area contributed by atoms with Crippen LogP contribution in [0.5, 0.6) is 0 Å². The van der Waals surface area contributed by atoms with E-state index < -0.39 is 10.1 Å². The van der Waals surface area contributed by atoms with E-state index in [-0.39, 0.29) is 4.90 Å². The summed E-state index contributed by atoms with van der Waals surface area (Å²) in [5.74, 6) is 0. The van der Waals surface area contributed by atoms with Crippen LogP contribution in [-0.2, 0) is 16.7 Å². The second kappa shape index (κ2) is 9.34. The lowest BCUT2D eigenvalue weighted by Gasteiger charge is -2.29. The predicted molar refractivity (Wildman–Crippen MR) is 114 cm³/mol. The van der Waals surface area contributed by atoms with Gasteiger partial charge in [-0.2, -0.15) is 0 Å². The molecule has 28 heavy (non-hydrogen) atoms. The Balaban J connectivity index is 0.000000221. The number of quaternary nitrogens is 1. The summed E-state index contributed by atoms with van der Waals surface area (Å²) in [6.07, 6.45) is 0. The molecule has 0 radical (unpaired) electrons. The lowest BCUT2D eigenvalue weighted by atomic mass is 10.1. The zero-order valence-corrected chi connectivity index (χ0v) is 17.7. The predicted octanol–water partition coefficient (Wildman–Crippen LogP) is 5.01. The van der Waals surface area contributed by atoms with E-state index >= 15 is 0 Å². The molecule has 0 aliphatic carbocycles. The van der Waals surface area contributed by atoms with Crippen molar-refractivity contribution in [2.75, 3.05) is 14.1 Å². The van der Waals surface area contributed by atoms with Gasteiger partial charge in [0.25, 0.3) is 0 Å². The van der Waals surface area contributed by atoms with E-state index in [1.165, 1.54) is 23.4 Å². The van der Waals surface area contributed by atoms with Gasteiger partial charge in [-0.25, -0.2) is 8.42 Å². The third-order valence-electron chi connectivity index (χ3n) is 4.29. The summed E-state index contributed by atoms with van der Waals surface area (Å²) >= 11 is 6.21. The van der Waals surface area contributed by atoms with Gasteiger partial charge in [0.1, 0.15) is 22.4 Å². The van der Waals surface area contributed by atoms with E-state index in [1.807, 2.05) is 31.2 Å². The molecule has 0 aliphatic rings. The van der Waals surface area contributed by atoms with Crippen molar-refractivity contribution in [3.8, 4) is 0 Å². The lowest BCUT2D eigenvalue weighted by Crippen LogP contribution is -2.39. The number of aryl methyl sites for hydroxylation is 1. The maximum Gasteiger partial charge on any atom is 0.132 e. The zero-order valence-electron chi connectivity index (χ0n) is 16.2. The van der Waals surface area contributed by atoms with Crippen LogP contribution in [0, 0.1) is 6.92 Å². The summed E-state index contributed by atoms with van der Waals surface area (Å²) in [5, 5.41) is 0.842. The van der Waals surface area contributed by atoms with Crippen LogP contribution in [0.1, 0.15) is 11.1 Å². The Hall–Kier alpha value is -2.18. The molecule has 0 bridgehead atoms. The van der Waals surface area contributed by atoms with Crippen molar-refractivity contribution in [1.29, 1.82) is 0 Å². The van der Waals surface area contributed by atoms with Crippen LogP contribution in [0.15, 0.2) is 83.8 Å². The highest BCUT2D eigenvalue weighted by atomic mass is 35.5. The SMILES string of the molecule is C[N+](C)(Cc1ccccc1Cl)c1ccccc1.Cc1ccc(S(=O)(=O)[O-])cc1. The lowest BCUT2D eigenvalue weighted by molar-refractivity contribution is 0.392. The van der Waals surface area contributed by atoms with Gasteiger partial charge in [0.05, 0.1) is 19.0 Å². The van der Waals surface area contributed by atoms with Crippen LogP contribution in [0.3, 0.4) is 0 Å². The van der Waals surface area contributed by atoms with E-state index in [9.17, 15) is 13.0 Å². The van der Waals surface area contributed by atoms with Gasteiger partial charge in [-0.1, -0.05) is 65.7 Å². The Morgan fingerprint density at radius 2 is 1.39 bits per heavy atom. The number of hydrogen-bond acceptors (Lipinski definition) is 3. The topological polar surface area (TPSA) is 57.2 Å². The fourth-order valence-corrected chi connectivity index (χ4v) is 3.35. The van der Waals surface area contributed by atoms with E-state index in [0.29, 0.717) is 0 Å². The maximum absolute atomic E-state index is 10.4. The fraction of sp³-hybridized carbons (Fsp3) is 0.182. The summed E-state index contributed by atoms with van der Waals surface area (Å²) in [4.78, 5) is -0.178. The van der Waals surface area contributed by atoms with Gasteiger partial charge < -0.3 is 4.55 Å². The number of halogens is 1. The van der Waals surface area contributed by atoms with E-state index in [4.69, 9.17) is 11.6 Å². The molecule has 0 saturated heterocycles. The molecule has 148 valence electrons. The highest BCUT2D eigenvalue weighted by Crippen LogP contribution is 2.24. The number of rotatable bonds is 4. The molecule has 3 rings (SSSR count). The van der Waals surface area contributed by atoms with E-state index in [0.717, 1.165) is 21.6 Å². The van der Waals surface area contributed by atoms with E-state index in [2.05, 4.69) is 44.4 Å². The molecule has 0 unspecified atom stereocenters. The molecule has 0 heterocycles. The molecule has 6 heteroatoms. The first-order chi connectivity index (χ1) is 13.1. The van der Waals surface area contributed by atoms with Gasteiger partial charge in [-0.05, 0) is 37.3 Å². The highest BCUT2D eigenvalue weighted by Gasteiger charge is 2.20. The minimum absolute atomic E-state index is 0.178. The van der Waals surface area contributed by atoms with Crippen LogP contribution >= 0.6 is 11.6 Å². The first-order valence-corrected chi connectivity index (χ1v) is 10.5. The number of para-hydroxylation sites is 1. The molecule has 0 spiro atoms. The van der Waals surface area contributed by atoms with Crippen molar-refractivity contribution in [2.24, 2.45) is 0 Å². The van der Waals surface area contributed by atoms with Crippen molar-refractivity contribution in [1.82, 2.24) is 4.48 Å². The Labute approximate surface area is 172 Å². The maximum atomic E-state index is 10.4. The molecule has 0 fully saturated rings. The molecule has 0 atom stereocenters. The molecule has 0 amide bonds. The van der Waals surface area contributed by atoms with Gasteiger partial charge in [0.2, 0.25) is 0 Å².